The van der Waals surface area contributed by atoms with Crippen LogP contribution in [0.4, 0.5) is 5.13 Å². The zero-order chi connectivity index (χ0) is 21.4. The van der Waals surface area contributed by atoms with Crippen molar-refractivity contribution in [2.24, 2.45) is 0 Å². The van der Waals surface area contributed by atoms with Crippen molar-refractivity contribution < 1.29 is 14.3 Å². The normalized spacial score (nSPS) is 15.1. The summed E-state index contributed by atoms with van der Waals surface area (Å²) in [7, 11) is 0. The predicted octanol–water partition coefficient (Wildman–Crippen LogP) is 4.68. The van der Waals surface area contributed by atoms with Gasteiger partial charge in [0.1, 0.15) is 6.61 Å². The molecule has 0 spiro atoms. The molecule has 0 unspecified atom stereocenters. The molecule has 6 nitrogen and oxygen atoms in total. The number of rotatable bonds is 4. The molecule has 31 heavy (non-hydrogen) atoms. The standard InChI is InChI=1S/C24H21N3O3S/c1-15-11-18-22(12-16(15)2)31-24(26-18)27(13-17-7-5-6-10-25-17)23(28)21-14-29-19-8-3-4-9-20(19)30-21/h3-12,21H,13-14H2,1-2H3/t21-/m0/s1. The number of carbonyl (C=O) groups excluding carboxylic acids is 1. The highest BCUT2D eigenvalue weighted by atomic mass is 32.1. The molecule has 1 aliphatic heterocycles. The van der Waals surface area contributed by atoms with Gasteiger partial charge in [0.2, 0.25) is 6.10 Å². The van der Waals surface area contributed by atoms with Gasteiger partial charge in [0, 0.05) is 6.20 Å². The third kappa shape index (κ3) is 3.84. The molecule has 5 rings (SSSR count). The molecule has 2 aromatic heterocycles. The lowest BCUT2D eigenvalue weighted by Gasteiger charge is -2.29. The maximum absolute atomic E-state index is 13.6. The smallest absolute Gasteiger partial charge is 0.273 e. The first-order valence-corrected chi connectivity index (χ1v) is 10.9. The second-order valence-corrected chi connectivity index (χ2v) is 8.52. The van der Waals surface area contributed by atoms with E-state index in [1.807, 2.05) is 36.4 Å². The SMILES string of the molecule is Cc1cc2nc(N(Cc3ccccn3)C(=O)[C@@H]3COc4ccccc4O3)sc2cc1C. The number of hydrogen-bond acceptors (Lipinski definition) is 6. The number of aromatic nitrogens is 2. The van der Waals surface area contributed by atoms with Gasteiger partial charge in [-0.05, 0) is 61.4 Å². The van der Waals surface area contributed by atoms with Crippen LogP contribution in [0.5, 0.6) is 11.5 Å². The summed E-state index contributed by atoms with van der Waals surface area (Å²) in [6.07, 6.45) is 0.966. The highest BCUT2D eigenvalue weighted by Crippen LogP contribution is 2.34. The van der Waals surface area contributed by atoms with Crippen molar-refractivity contribution in [1.82, 2.24) is 9.97 Å². The topological polar surface area (TPSA) is 64.6 Å². The maximum Gasteiger partial charge on any atom is 0.273 e. The quantitative estimate of drug-likeness (QED) is 0.469. The number of ether oxygens (including phenoxy) is 2. The molecule has 0 saturated heterocycles. The van der Waals surface area contributed by atoms with E-state index >= 15 is 0 Å². The van der Waals surface area contributed by atoms with Gasteiger partial charge in [0.15, 0.2) is 16.6 Å². The largest absolute Gasteiger partial charge is 0.485 e. The fraction of sp³-hybridized carbons (Fsp3) is 0.208. The van der Waals surface area contributed by atoms with Gasteiger partial charge in [0.25, 0.3) is 5.91 Å². The highest BCUT2D eigenvalue weighted by Gasteiger charge is 2.33. The Labute approximate surface area is 184 Å². The first-order valence-electron chi connectivity index (χ1n) is 10.1. The molecule has 1 atom stereocenters. The minimum Gasteiger partial charge on any atom is -0.485 e. The minimum atomic E-state index is -0.755. The van der Waals surface area contributed by atoms with Crippen molar-refractivity contribution in [2.45, 2.75) is 26.5 Å². The van der Waals surface area contributed by atoms with E-state index in [2.05, 4.69) is 31.0 Å². The van der Waals surface area contributed by atoms with E-state index in [1.54, 1.807) is 17.2 Å². The lowest BCUT2D eigenvalue weighted by atomic mass is 10.1. The van der Waals surface area contributed by atoms with E-state index in [4.69, 9.17) is 14.5 Å². The van der Waals surface area contributed by atoms with E-state index < -0.39 is 6.10 Å². The molecule has 0 radical (unpaired) electrons. The van der Waals surface area contributed by atoms with Crippen molar-refractivity contribution in [2.75, 3.05) is 11.5 Å². The Morgan fingerprint density at radius 2 is 1.87 bits per heavy atom. The third-order valence-electron chi connectivity index (χ3n) is 5.32. The van der Waals surface area contributed by atoms with Gasteiger partial charge >= 0.3 is 0 Å². The Bertz CT molecular complexity index is 1220. The van der Waals surface area contributed by atoms with Crippen LogP contribution in [0.1, 0.15) is 16.8 Å². The molecule has 0 bridgehead atoms. The van der Waals surface area contributed by atoms with Gasteiger partial charge in [-0.25, -0.2) is 4.98 Å². The third-order valence-corrected chi connectivity index (χ3v) is 6.36. The van der Waals surface area contributed by atoms with Crippen LogP contribution in [0, 0.1) is 13.8 Å². The van der Waals surface area contributed by atoms with Crippen LogP contribution in [0.3, 0.4) is 0 Å². The average Bonchev–Trinajstić information content (AvgIpc) is 3.20. The van der Waals surface area contributed by atoms with Crippen LogP contribution in [0.15, 0.2) is 60.8 Å². The lowest BCUT2D eigenvalue weighted by Crippen LogP contribution is -2.46. The first-order chi connectivity index (χ1) is 15.1. The lowest BCUT2D eigenvalue weighted by molar-refractivity contribution is -0.127. The summed E-state index contributed by atoms with van der Waals surface area (Å²) in [6.45, 7) is 4.60. The Morgan fingerprint density at radius 3 is 2.68 bits per heavy atom. The van der Waals surface area contributed by atoms with E-state index in [-0.39, 0.29) is 12.5 Å². The molecule has 0 aliphatic carbocycles. The Balaban J connectivity index is 1.51. The molecule has 4 aromatic rings. The summed E-state index contributed by atoms with van der Waals surface area (Å²) in [5.41, 5.74) is 4.03. The van der Waals surface area contributed by atoms with Crippen LogP contribution in [-0.2, 0) is 11.3 Å². The zero-order valence-electron chi connectivity index (χ0n) is 17.2. The summed E-state index contributed by atoms with van der Waals surface area (Å²) in [5, 5.41) is 0.623. The van der Waals surface area contributed by atoms with Gasteiger partial charge in [0.05, 0.1) is 22.5 Å². The zero-order valence-corrected chi connectivity index (χ0v) is 18.1. The molecule has 1 amide bonds. The molecule has 0 N–H and O–H groups in total. The van der Waals surface area contributed by atoms with Crippen LogP contribution >= 0.6 is 11.3 Å². The maximum atomic E-state index is 13.6. The molecular weight excluding hydrogens is 410 g/mol. The molecule has 7 heteroatoms. The number of anilines is 1. The molecule has 0 saturated carbocycles. The number of amides is 1. The second-order valence-electron chi connectivity index (χ2n) is 7.51. The fourth-order valence-electron chi connectivity index (χ4n) is 3.49. The fourth-order valence-corrected chi connectivity index (χ4v) is 4.54. The van der Waals surface area contributed by atoms with Gasteiger partial charge in [-0.2, -0.15) is 0 Å². The number of hydrogen-bond donors (Lipinski definition) is 0. The highest BCUT2D eigenvalue weighted by molar-refractivity contribution is 7.22. The number of carbonyl (C=O) groups is 1. The molecule has 156 valence electrons. The van der Waals surface area contributed by atoms with Crippen molar-refractivity contribution in [3.05, 3.63) is 77.6 Å². The van der Waals surface area contributed by atoms with Gasteiger partial charge < -0.3 is 9.47 Å². The number of benzene rings is 2. The summed E-state index contributed by atoms with van der Waals surface area (Å²) < 4.78 is 12.8. The Kier molecular flexibility index (Phi) is 5.03. The number of para-hydroxylation sites is 2. The van der Waals surface area contributed by atoms with Crippen molar-refractivity contribution >= 4 is 32.6 Å². The number of pyridine rings is 1. The van der Waals surface area contributed by atoms with Crippen molar-refractivity contribution in [3.8, 4) is 11.5 Å². The summed E-state index contributed by atoms with van der Waals surface area (Å²) >= 11 is 1.50. The summed E-state index contributed by atoms with van der Waals surface area (Å²) in [6, 6.07) is 17.2. The van der Waals surface area contributed by atoms with E-state index in [1.165, 1.54) is 22.5 Å². The minimum absolute atomic E-state index is 0.150. The Hall–Kier alpha value is -3.45. The van der Waals surface area contributed by atoms with Crippen LogP contribution in [0.2, 0.25) is 0 Å². The number of thiazole rings is 1. The summed E-state index contributed by atoms with van der Waals surface area (Å²) in [5.74, 6) is 1.02. The Morgan fingerprint density at radius 1 is 1.10 bits per heavy atom. The molecular formula is C24H21N3O3S. The predicted molar refractivity (Wildman–Crippen MR) is 121 cm³/mol. The van der Waals surface area contributed by atoms with Crippen molar-refractivity contribution in [3.63, 3.8) is 0 Å². The van der Waals surface area contributed by atoms with E-state index in [9.17, 15) is 4.79 Å². The molecule has 2 aromatic carbocycles. The van der Waals surface area contributed by atoms with Crippen LogP contribution in [-0.4, -0.2) is 28.6 Å². The van der Waals surface area contributed by atoms with E-state index in [0.29, 0.717) is 23.2 Å². The van der Waals surface area contributed by atoms with Gasteiger partial charge in [-0.1, -0.05) is 29.5 Å². The first kappa shape index (κ1) is 19.5. The average molecular weight is 432 g/mol. The van der Waals surface area contributed by atoms with Crippen molar-refractivity contribution in [1.29, 1.82) is 0 Å². The molecule has 1 aliphatic rings. The number of nitrogens with zero attached hydrogens (tertiary/aromatic N) is 3. The monoisotopic (exact) mass is 431 g/mol. The number of aryl methyl sites for hydroxylation is 2. The molecule has 0 fully saturated rings. The summed E-state index contributed by atoms with van der Waals surface area (Å²) in [4.78, 5) is 24.4. The second kappa shape index (κ2) is 8.00. The number of fused-ring (bicyclic) bond motifs is 2. The van der Waals surface area contributed by atoms with Crippen LogP contribution < -0.4 is 14.4 Å². The molecule has 3 heterocycles. The van der Waals surface area contributed by atoms with E-state index in [0.717, 1.165) is 15.9 Å². The van der Waals surface area contributed by atoms with Crippen LogP contribution in [0.25, 0.3) is 10.2 Å². The van der Waals surface area contributed by atoms with Gasteiger partial charge in [-0.15, -0.1) is 0 Å². The van der Waals surface area contributed by atoms with Gasteiger partial charge in [-0.3, -0.25) is 14.7 Å².